The average Bonchev–Trinajstić information content (AvgIpc) is 2.81. The van der Waals surface area contributed by atoms with E-state index in [-0.39, 0.29) is 5.91 Å². The van der Waals surface area contributed by atoms with Crippen LogP contribution in [0, 0.1) is 0 Å². The fourth-order valence-electron chi connectivity index (χ4n) is 3.53. The number of pyridine rings is 2. The molecule has 3 aromatic rings. The molecule has 0 spiro atoms. The largest absolute Gasteiger partial charge is 0.354 e. The van der Waals surface area contributed by atoms with Crippen LogP contribution in [0.25, 0.3) is 11.3 Å². The van der Waals surface area contributed by atoms with Gasteiger partial charge in [0.25, 0.3) is 5.91 Å². The maximum absolute atomic E-state index is 12.7. The maximum Gasteiger partial charge on any atom is 0.257 e. The summed E-state index contributed by atoms with van der Waals surface area (Å²) in [5.74, 6) is 0.699. The van der Waals surface area contributed by atoms with Gasteiger partial charge in [0.2, 0.25) is 0 Å². The van der Waals surface area contributed by atoms with Gasteiger partial charge >= 0.3 is 0 Å². The first-order valence-corrected chi connectivity index (χ1v) is 10.5. The first-order chi connectivity index (χ1) is 14.6. The van der Waals surface area contributed by atoms with Crippen molar-refractivity contribution in [3.8, 4) is 11.3 Å². The molecule has 1 saturated heterocycles. The SMILES string of the molecule is CCN1CCN(c2ccc(C(=O)Nc3ccc(Cl)c(-c4ccccn4)c3)cn2)CC1. The van der Waals surface area contributed by atoms with Crippen molar-refractivity contribution >= 4 is 29.0 Å². The zero-order chi connectivity index (χ0) is 20.9. The van der Waals surface area contributed by atoms with E-state index in [1.807, 2.05) is 36.4 Å². The first kappa shape index (κ1) is 20.3. The Balaban J connectivity index is 1.44. The first-order valence-electron chi connectivity index (χ1n) is 10.1. The van der Waals surface area contributed by atoms with E-state index in [1.54, 1.807) is 24.5 Å². The van der Waals surface area contributed by atoms with Crippen molar-refractivity contribution in [2.45, 2.75) is 6.92 Å². The fourth-order valence-corrected chi connectivity index (χ4v) is 3.74. The second-order valence-corrected chi connectivity index (χ2v) is 7.60. The van der Waals surface area contributed by atoms with Gasteiger partial charge in [0.1, 0.15) is 5.82 Å². The molecular formula is C23H24ClN5O. The van der Waals surface area contributed by atoms with Crippen molar-refractivity contribution in [1.82, 2.24) is 14.9 Å². The number of carbonyl (C=O) groups excluding carboxylic acids is 1. The number of piperazine rings is 1. The topological polar surface area (TPSA) is 61.4 Å². The van der Waals surface area contributed by atoms with Crippen molar-refractivity contribution in [3.63, 3.8) is 0 Å². The number of rotatable bonds is 5. The van der Waals surface area contributed by atoms with Crippen LogP contribution in [0.3, 0.4) is 0 Å². The lowest BCUT2D eigenvalue weighted by Gasteiger charge is -2.34. The Morgan fingerprint density at radius 1 is 1.07 bits per heavy atom. The molecule has 2 aromatic heterocycles. The summed E-state index contributed by atoms with van der Waals surface area (Å²) in [6, 6.07) is 14.7. The van der Waals surface area contributed by atoms with Gasteiger partial charge in [0.05, 0.1) is 16.3 Å². The molecule has 154 valence electrons. The standard InChI is InChI=1S/C23H24ClN5O/c1-2-28-11-13-29(14-12-28)22-9-6-17(16-26-22)23(30)27-18-7-8-20(24)19(15-18)21-5-3-4-10-25-21/h3-10,15-16H,2,11-14H2,1H3,(H,27,30). The van der Waals surface area contributed by atoms with Crippen molar-refractivity contribution in [3.05, 3.63) is 71.5 Å². The molecule has 0 bridgehead atoms. The van der Waals surface area contributed by atoms with Crippen molar-refractivity contribution in [1.29, 1.82) is 0 Å². The molecule has 30 heavy (non-hydrogen) atoms. The molecule has 1 amide bonds. The van der Waals surface area contributed by atoms with Gasteiger partial charge in [-0.15, -0.1) is 0 Å². The molecule has 6 nitrogen and oxygen atoms in total. The van der Waals surface area contributed by atoms with Gasteiger partial charge in [-0.05, 0) is 49.0 Å². The van der Waals surface area contributed by atoms with Gasteiger partial charge in [-0.25, -0.2) is 4.98 Å². The van der Waals surface area contributed by atoms with Crippen molar-refractivity contribution < 1.29 is 4.79 Å². The van der Waals surface area contributed by atoms with Crippen LogP contribution in [-0.2, 0) is 0 Å². The Kier molecular flexibility index (Phi) is 6.26. The van der Waals surface area contributed by atoms with E-state index in [9.17, 15) is 4.79 Å². The summed E-state index contributed by atoms with van der Waals surface area (Å²) in [6.45, 7) is 7.24. The van der Waals surface area contributed by atoms with Crippen molar-refractivity contribution in [2.75, 3.05) is 42.9 Å². The minimum atomic E-state index is -0.209. The van der Waals surface area contributed by atoms with E-state index in [1.165, 1.54) is 0 Å². The Labute approximate surface area is 181 Å². The number of likely N-dealkylation sites (N-methyl/N-ethyl adjacent to an activating group) is 1. The summed E-state index contributed by atoms with van der Waals surface area (Å²) in [7, 11) is 0. The second kappa shape index (κ2) is 9.24. The van der Waals surface area contributed by atoms with Gasteiger partial charge in [0, 0.05) is 49.8 Å². The van der Waals surface area contributed by atoms with Gasteiger partial charge in [0.15, 0.2) is 0 Å². The minimum absolute atomic E-state index is 0.209. The average molecular weight is 422 g/mol. The second-order valence-electron chi connectivity index (χ2n) is 7.19. The molecule has 0 radical (unpaired) electrons. The molecule has 0 aliphatic carbocycles. The van der Waals surface area contributed by atoms with E-state index < -0.39 is 0 Å². The van der Waals surface area contributed by atoms with Gasteiger partial charge in [-0.2, -0.15) is 0 Å². The Morgan fingerprint density at radius 3 is 2.57 bits per heavy atom. The van der Waals surface area contributed by atoms with E-state index in [0.717, 1.165) is 49.8 Å². The highest BCUT2D eigenvalue weighted by Gasteiger charge is 2.17. The van der Waals surface area contributed by atoms with Crippen LogP contribution in [0.15, 0.2) is 60.9 Å². The molecule has 1 aromatic carbocycles. The molecule has 1 aliphatic rings. The van der Waals surface area contributed by atoms with Crippen LogP contribution in [-0.4, -0.2) is 53.5 Å². The zero-order valence-corrected chi connectivity index (χ0v) is 17.6. The molecule has 1 N–H and O–H groups in total. The summed E-state index contributed by atoms with van der Waals surface area (Å²) < 4.78 is 0. The fraction of sp³-hybridized carbons (Fsp3) is 0.261. The number of amides is 1. The van der Waals surface area contributed by atoms with Gasteiger partial charge in [-0.1, -0.05) is 24.6 Å². The number of hydrogen-bond acceptors (Lipinski definition) is 5. The van der Waals surface area contributed by atoms with E-state index in [4.69, 9.17) is 11.6 Å². The Bertz CT molecular complexity index is 1000. The molecule has 0 atom stereocenters. The number of carbonyl (C=O) groups is 1. The van der Waals surface area contributed by atoms with Crippen LogP contribution in [0.4, 0.5) is 11.5 Å². The van der Waals surface area contributed by atoms with Crippen LogP contribution in [0.1, 0.15) is 17.3 Å². The summed E-state index contributed by atoms with van der Waals surface area (Å²) >= 11 is 6.32. The number of nitrogens with one attached hydrogen (secondary N) is 1. The number of halogens is 1. The number of benzene rings is 1. The molecule has 4 rings (SSSR count). The van der Waals surface area contributed by atoms with Gasteiger partial charge in [-0.3, -0.25) is 9.78 Å². The highest BCUT2D eigenvalue weighted by molar-refractivity contribution is 6.33. The smallest absolute Gasteiger partial charge is 0.257 e. The molecule has 1 aliphatic heterocycles. The van der Waals surface area contributed by atoms with E-state index in [2.05, 4.69) is 32.0 Å². The molecule has 7 heteroatoms. The number of aromatic nitrogens is 2. The zero-order valence-electron chi connectivity index (χ0n) is 16.9. The number of anilines is 2. The summed E-state index contributed by atoms with van der Waals surface area (Å²) in [5.41, 5.74) is 2.70. The number of nitrogens with zero attached hydrogens (tertiary/aromatic N) is 4. The summed E-state index contributed by atoms with van der Waals surface area (Å²) in [5, 5.41) is 3.51. The van der Waals surface area contributed by atoms with E-state index in [0.29, 0.717) is 16.3 Å². The Morgan fingerprint density at radius 2 is 1.90 bits per heavy atom. The highest BCUT2D eigenvalue weighted by atomic mass is 35.5. The molecular weight excluding hydrogens is 398 g/mol. The monoisotopic (exact) mass is 421 g/mol. The van der Waals surface area contributed by atoms with Crippen LogP contribution >= 0.6 is 11.6 Å². The maximum atomic E-state index is 12.7. The minimum Gasteiger partial charge on any atom is -0.354 e. The lowest BCUT2D eigenvalue weighted by molar-refractivity contribution is 0.102. The Hall–Kier alpha value is -2.96. The normalized spacial score (nSPS) is 14.5. The van der Waals surface area contributed by atoms with Crippen LogP contribution in [0.5, 0.6) is 0 Å². The molecule has 0 saturated carbocycles. The van der Waals surface area contributed by atoms with E-state index >= 15 is 0 Å². The molecule has 0 unspecified atom stereocenters. The van der Waals surface area contributed by atoms with Crippen LogP contribution in [0.2, 0.25) is 5.02 Å². The quantitative estimate of drug-likeness (QED) is 0.669. The lowest BCUT2D eigenvalue weighted by atomic mass is 10.1. The van der Waals surface area contributed by atoms with Gasteiger partial charge < -0.3 is 15.1 Å². The lowest BCUT2D eigenvalue weighted by Crippen LogP contribution is -2.46. The van der Waals surface area contributed by atoms with Crippen LogP contribution < -0.4 is 10.2 Å². The predicted octanol–water partition coefficient (Wildman–Crippen LogP) is 4.19. The predicted molar refractivity (Wildman–Crippen MR) is 121 cm³/mol. The van der Waals surface area contributed by atoms with Crippen molar-refractivity contribution in [2.24, 2.45) is 0 Å². The molecule has 1 fully saturated rings. The number of hydrogen-bond donors (Lipinski definition) is 1. The third kappa shape index (κ3) is 4.61. The highest BCUT2D eigenvalue weighted by Crippen LogP contribution is 2.29. The third-order valence-electron chi connectivity index (χ3n) is 5.32. The third-order valence-corrected chi connectivity index (χ3v) is 5.65. The summed E-state index contributed by atoms with van der Waals surface area (Å²) in [4.78, 5) is 26.2. The summed E-state index contributed by atoms with van der Waals surface area (Å²) in [6.07, 6.45) is 3.35. The molecule has 3 heterocycles.